The Labute approximate surface area is 145 Å². The first kappa shape index (κ1) is 18.4. The number of aliphatic imine (C=N–C) groups is 1. The van der Waals surface area contributed by atoms with E-state index in [1.54, 1.807) is 0 Å². The number of carbonyl (C=O) groups is 1. The first-order valence-corrected chi connectivity index (χ1v) is 8.72. The van der Waals surface area contributed by atoms with Crippen molar-refractivity contribution >= 4 is 11.9 Å². The summed E-state index contributed by atoms with van der Waals surface area (Å²) in [6.07, 6.45) is 2.02. The topological polar surface area (TPSA) is 52.9 Å². The van der Waals surface area contributed by atoms with Crippen molar-refractivity contribution in [3.05, 3.63) is 24.0 Å². The third-order valence-corrected chi connectivity index (χ3v) is 4.42. The van der Waals surface area contributed by atoms with Crippen LogP contribution in [-0.2, 0) is 18.4 Å². The average molecular weight is 333 g/mol. The van der Waals surface area contributed by atoms with Crippen molar-refractivity contribution in [3.63, 3.8) is 0 Å². The van der Waals surface area contributed by atoms with Crippen LogP contribution in [-0.4, -0.2) is 57.4 Å². The maximum absolute atomic E-state index is 12.7. The van der Waals surface area contributed by atoms with Gasteiger partial charge in [-0.2, -0.15) is 0 Å². The number of aromatic nitrogens is 1. The molecule has 1 fully saturated rings. The molecular weight excluding hydrogens is 302 g/mol. The summed E-state index contributed by atoms with van der Waals surface area (Å²) in [5.74, 6) is 0.967. The van der Waals surface area contributed by atoms with Gasteiger partial charge in [0.25, 0.3) is 0 Å². The van der Waals surface area contributed by atoms with Gasteiger partial charge in [-0.05, 0) is 46.8 Å². The standard InChI is InChI=1S/C18H31N5O/c1-7-19-17(20-11-15-9-8-10-21(15)6)22-12-16(24)23(14(2)3)18(4,5)13-22/h8-10,14H,7,11-13H2,1-6H3,(H,19,20). The maximum Gasteiger partial charge on any atom is 0.242 e. The van der Waals surface area contributed by atoms with E-state index >= 15 is 0 Å². The Morgan fingerprint density at radius 3 is 2.62 bits per heavy atom. The Morgan fingerprint density at radius 1 is 1.42 bits per heavy atom. The van der Waals surface area contributed by atoms with Crippen LogP contribution in [0.15, 0.2) is 23.3 Å². The number of aryl methyl sites for hydroxylation is 1. The van der Waals surface area contributed by atoms with Crippen LogP contribution < -0.4 is 5.32 Å². The molecule has 0 aliphatic carbocycles. The highest BCUT2D eigenvalue weighted by atomic mass is 16.2. The van der Waals surface area contributed by atoms with Crippen molar-refractivity contribution in [1.29, 1.82) is 0 Å². The van der Waals surface area contributed by atoms with Crippen molar-refractivity contribution in [1.82, 2.24) is 19.7 Å². The molecule has 1 saturated heterocycles. The lowest BCUT2D eigenvalue weighted by molar-refractivity contribution is -0.145. The van der Waals surface area contributed by atoms with Crippen LogP contribution in [0.4, 0.5) is 0 Å². The van der Waals surface area contributed by atoms with Gasteiger partial charge >= 0.3 is 0 Å². The first-order chi connectivity index (χ1) is 11.3. The lowest BCUT2D eigenvalue weighted by Gasteiger charge is -2.49. The van der Waals surface area contributed by atoms with Gasteiger partial charge in [-0.25, -0.2) is 4.99 Å². The predicted octanol–water partition coefficient (Wildman–Crippen LogP) is 1.82. The highest BCUT2D eigenvalue weighted by molar-refractivity contribution is 5.88. The van der Waals surface area contributed by atoms with Crippen LogP contribution in [0.25, 0.3) is 0 Å². The summed E-state index contributed by atoms with van der Waals surface area (Å²) in [6, 6.07) is 4.29. The van der Waals surface area contributed by atoms with Crippen molar-refractivity contribution < 1.29 is 4.79 Å². The summed E-state index contributed by atoms with van der Waals surface area (Å²) >= 11 is 0. The number of amides is 1. The van der Waals surface area contributed by atoms with E-state index in [0.29, 0.717) is 13.1 Å². The Hall–Kier alpha value is -1.98. The summed E-state index contributed by atoms with van der Waals surface area (Å²) in [5, 5.41) is 3.33. The van der Waals surface area contributed by atoms with E-state index in [0.717, 1.165) is 24.7 Å². The molecule has 2 heterocycles. The summed E-state index contributed by atoms with van der Waals surface area (Å²) in [7, 11) is 2.02. The number of piperazine rings is 1. The van der Waals surface area contributed by atoms with Gasteiger partial charge in [-0.3, -0.25) is 4.79 Å². The molecule has 0 spiro atoms. The molecule has 0 unspecified atom stereocenters. The average Bonchev–Trinajstić information content (AvgIpc) is 2.86. The SMILES string of the molecule is CCNC(=NCc1cccn1C)N1CC(=O)N(C(C)C)C(C)(C)C1. The summed E-state index contributed by atoms with van der Waals surface area (Å²) in [5.41, 5.74) is 0.932. The van der Waals surface area contributed by atoms with Crippen LogP contribution in [0.3, 0.4) is 0 Å². The minimum atomic E-state index is -0.218. The summed E-state index contributed by atoms with van der Waals surface area (Å²) in [4.78, 5) is 21.5. The lowest BCUT2D eigenvalue weighted by Crippen LogP contribution is -2.66. The van der Waals surface area contributed by atoms with E-state index in [1.165, 1.54) is 0 Å². The van der Waals surface area contributed by atoms with Crippen LogP contribution in [0.2, 0.25) is 0 Å². The second kappa shape index (κ2) is 7.28. The van der Waals surface area contributed by atoms with Gasteiger partial charge in [-0.15, -0.1) is 0 Å². The quantitative estimate of drug-likeness (QED) is 0.675. The van der Waals surface area contributed by atoms with Crippen molar-refractivity contribution in [3.8, 4) is 0 Å². The summed E-state index contributed by atoms with van der Waals surface area (Å²) < 4.78 is 2.07. The highest BCUT2D eigenvalue weighted by Gasteiger charge is 2.40. The molecule has 134 valence electrons. The van der Waals surface area contributed by atoms with E-state index in [-0.39, 0.29) is 17.5 Å². The fourth-order valence-corrected chi connectivity index (χ4v) is 3.56. The van der Waals surface area contributed by atoms with Crippen LogP contribution in [0.1, 0.15) is 40.3 Å². The van der Waals surface area contributed by atoms with E-state index in [4.69, 9.17) is 4.99 Å². The van der Waals surface area contributed by atoms with E-state index in [1.807, 2.05) is 24.2 Å². The molecule has 0 radical (unpaired) electrons. The molecule has 6 heteroatoms. The number of nitrogens with zero attached hydrogens (tertiary/aromatic N) is 4. The van der Waals surface area contributed by atoms with Gasteiger partial charge in [0, 0.05) is 38.1 Å². The molecule has 1 N–H and O–H groups in total. The number of rotatable bonds is 4. The first-order valence-electron chi connectivity index (χ1n) is 8.72. The Balaban J connectivity index is 2.19. The van der Waals surface area contributed by atoms with Crippen molar-refractivity contribution in [2.24, 2.45) is 12.0 Å². The molecule has 24 heavy (non-hydrogen) atoms. The second-order valence-electron chi connectivity index (χ2n) is 7.31. The fraction of sp³-hybridized carbons (Fsp3) is 0.667. The van der Waals surface area contributed by atoms with Gasteiger partial charge in [0.05, 0.1) is 18.6 Å². The third kappa shape index (κ3) is 3.91. The summed E-state index contributed by atoms with van der Waals surface area (Å²) in [6.45, 7) is 13.0. The number of hydrogen-bond donors (Lipinski definition) is 1. The van der Waals surface area contributed by atoms with Crippen LogP contribution in [0.5, 0.6) is 0 Å². The minimum absolute atomic E-state index is 0.158. The predicted molar refractivity (Wildman–Crippen MR) is 97.9 cm³/mol. The second-order valence-corrected chi connectivity index (χ2v) is 7.31. The smallest absolute Gasteiger partial charge is 0.242 e. The zero-order valence-electron chi connectivity index (χ0n) is 15.8. The lowest BCUT2D eigenvalue weighted by atomic mass is 9.96. The third-order valence-electron chi connectivity index (χ3n) is 4.42. The number of nitrogens with one attached hydrogen (secondary N) is 1. The Bertz CT molecular complexity index is 602. The zero-order chi connectivity index (χ0) is 17.9. The molecule has 0 saturated carbocycles. The van der Waals surface area contributed by atoms with Crippen molar-refractivity contribution in [2.45, 2.75) is 52.7 Å². The molecule has 0 atom stereocenters. The van der Waals surface area contributed by atoms with E-state index < -0.39 is 0 Å². The Morgan fingerprint density at radius 2 is 2.12 bits per heavy atom. The maximum atomic E-state index is 12.7. The molecule has 1 aliphatic heterocycles. The monoisotopic (exact) mass is 333 g/mol. The van der Waals surface area contributed by atoms with Crippen LogP contribution in [0, 0.1) is 0 Å². The Kier molecular flexibility index (Phi) is 5.57. The molecule has 6 nitrogen and oxygen atoms in total. The molecule has 0 bridgehead atoms. The van der Waals surface area contributed by atoms with Gasteiger partial charge in [0.1, 0.15) is 0 Å². The minimum Gasteiger partial charge on any atom is -0.356 e. The van der Waals surface area contributed by atoms with Crippen molar-refractivity contribution in [2.75, 3.05) is 19.6 Å². The molecule has 1 aromatic heterocycles. The van der Waals surface area contributed by atoms with Gasteiger partial charge in [0.15, 0.2) is 5.96 Å². The molecule has 2 rings (SSSR count). The zero-order valence-corrected chi connectivity index (χ0v) is 15.8. The number of guanidine groups is 1. The molecule has 1 aliphatic rings. The number of hydrogen-bond acceptors (Lipinski definition) is 2. The van der Waals surface area contributed by atoms with Gasteiger partial charge in [-0.1, -0.05) is 0 Å². The normalized spacial score (nSPS) is 18.5. The van der Waals surface area contributed by atoms with Gasteiger partial charge < -0.3 is 19.7 Å². The molecule has 0 aromatic carbocycles. The molecular formula is C18H31N5O. The molecule has 1 amide bonds. The highest BCUT2D eigenvalue weighted by Crippen LogP contribution is 2.24. The van der Waals surface area contributed by atoms with E-state index in [2.05, 4.69) is 55.5 Å². The van der Waals surface area contributed by atoms with Gasteiger partial charge in [0.2, 0.25) is 5.91 Å². The largest absolute Gasteiger partial charge is 0.356 e. The van der Waals surface area contributed by atoms with E-state index in [9.17, 15) is 4.79 Å². The molecule has 1 aromatic rings. The fourth-order valence-electron chi connectivity index (χ4n) is 3.56. The van der Waals surface area contributed by atoms with Crippen LogP contribution >= 0.6 is 0 Å². The number of carbonyl (C=O) groups excluding carboxylic acids is 1.